The Morgan fingerprint density at radius 2 is 1.72 bits per heavy atom. The van der Waals surface area contributed by atoms with Gasteiger partial charge in [-0.15, -0.1) is 6.58 Å². The van der Waals surface area contributed by atoms with Gasteiger partial charge in [0.2, 0.25) is 0 Å². The van der Waals surface area contributed by atoms with Crippen LogP contribution >= 0.6 is 0 Å². The highest BCUT2D eigenvalue weighted by molar-refractivity contribution is 4.75. The van der Waals surface area contributed by atoms with Crippen molar-refractivity contribution in [2.75, 3.05) is 39.3 Å². The number of aliphatic hydroxyl groups excluding tert-OH is 1. The van der Waals surface area contributed by atoms with Crippen molar-refractivity contribution in [1.29, 1.82) is 0 Å². The molecule has 1 heterocycles. The molecule has 1 aliphatic rings. The maximum Gasteiger partial charge on any atom is 0.251 e. The highest BCUT2D eigenvalue weighted by Gasteiger charge is 2.19. The minimum absolute atomic E-state index is 0.132. The monoisotopic (exact) mass is 262 g/mol. The molecule has 0 aromatic carbocycles. The Balaban J connectivity index is 2.26. The quantitative estimate of drug-likeness (QED) is 0.706. The second kappa shape index (κ2) is 8.56. The molecule has 0 aliphatic carbocycles. The number of aliphatic hydroxyl groups is 1. The van der Waals surface area contributed by atoms with Crippen LogP contribution in [0.5, 0.6) is 0 Å². The van der Waals surface area contributed by atoms with Crippen LogP contribution in [0.3, 0.4) is 0 Å². The molecule has 1 unspecified atom stereocenters. The van der Waals surface area contributed by atoms with E-state index in [2.05, 4.69) is 11.5 Å². The summed E-state index contributed by atoms with van der Waals surface area (Å²) in [7, 11) is 0. The molecule has 0 amide bonds. The molecule has 0 radical (unpaired) electrons. The highest BCUT2D eigenvalue weighted by Crippen LogP contribution is 2.08. The van der Waals surface area contributed by atoms with Gasteiger partial charge in [-0.05, 0) is 32.4 Å². The van der Waals surface area contributed by atoms with E-state index in [1.54, 1.807) is 11.0 Å². The number of halogens is 2. The fourth-order valence-electron chi connectivity index (χ4n) is 2.28. The molecule has 3 nitrogen and oxygen atoms in total. The number of hydrogen-bond acceptors (Lipinski definition) is 3. The van der Waals surface area contributed by atoms with Gasteiger partial charge in [0.05, 0.1) is 12.6 Å². The summed E-state index contributed by atoms with van der Waals surface area (Å²) >= 11 is 0. The van der Waals surface area contributed by atoms with Crippen LogP contribution in [0.2, 0.25) is 0 Å². The molecule has 106 valence electrons. The van der Waals surface area contributed by atoms with Gasteiger partial charge in [-0.3, -0.25) is 9.80 Å². The van der Waals surface area contributed by atoms with Crippen molar-refractivity contribution in [3.05, 3.63) is 12.7 Å². The first-order valence-corrected chi connectivity index (χ1v) is 6.63. The fourth-order valence-corrected chi connectivity index (χ4v) is 2.28. The van der Waals surface area contributed by atoms with Gasteiger partial charge in [-0.1, -0.05) is 6.08 Å². The SMILES string of the molecule is C=CCCC(O)CN1CCCN(CC(F)F)CC1. The van der Waals surface area contributed by atoms with Crippen LogP contribution < -0.4 is 0 Å². The molecule has 5 heteroatoms. The molecular weight excluding hydrogens is 238 g/mol. The Morgan fingerprint density at radius 3 is 2.28 bits per heavy atom. The predicted molar refractivity (Wildman–Crippen MR) is 68.9 cm³/mol. The van der Waals surface area contributed by atoms with Crippen LogP contribution in [0.1, 0.15) is 19.3 Å². The van der Waals surface area contributed by atoms with Crippen LogP contribution in [0.4, 0.5) is 8.78 Å². The van der Waals surface area contributed by atoms with Crippen LogP contribution in [0.15, 0.2) is 12.7 Å². The van der Waals surface area contributed by atoms with Crippen molar-refractivity contribution in [1.82, 2.24) is 9.80 Å². The fraction of sp³-hybridized carbons (Fsp3) is 0.846. The third kappa shape index (κ3) is 6.42. The first kappa shape index (κ1) is 15.5. The lowest BCUT2D eigenvalue weighted by Crippen LogP contribution is -2.36. The van der Waals surface area contributed by atoms with Gasteiger partial charge >= 0.3 is 0 Å². The zero-order valence-corrected chi connectivity index (χ0v) is 10.9. The molecule has 0 aromatic heterocycles. The zero-order valence-electron chi connectivity index (χ0n) is 10.9. The van der Waals surface area contributed by atoms with E-state index in [0.717, 1.165) is 38.9 Å². The minimum Gasteiger partial charge on any atom is -0.392 e. The summed E-state index contributed by atoms with van der Waals surface area (Å²) in [6.07, 6.45) is 1.63. The molecular formula is C13H24F2N2O. The molecule has 1 fully saturated rings. The van der Waals surface area contributed by atoms with Crippen molar-refractivity contribution < 1.29 is 13.9 Å². The summed E-state index contributed by atoms with van der Waals surface area (Å²) < 4.78 is 24.6. The average molecular weight is 262 g/mol. The van der Waals surface area contributed by atoms with Gasteiger partial charge in [0.15, 0.2) is 0 Å². The highest BCUT2D eigenvalue weighted by atomic mass is 19.3. The molecule has 0 aromatic rings. The standard InChI is InChI=1S/C13H24F2N2O/c1-2-3-5-12(18)10-16-6-4-7-17(9-8-16)11-13(14)15/h2,12-13,18H,1,3-11H2. The van der Waals surface area contributed by atoms with Gasteiger partial charge in [-0.25, -0.2) is 8.78 Å². The summed E-state index contributed by atoms with van der Waals surface area (Å²) in [5.41, 5.74) is 0. The lowest BCUT2D eigenvalue weighted by Gasteiger charge is -2.23. The van der Waals surface area contributed by atoms with Crippen LogP contribution in [0.25, 0.3) is 0 Å². The van der Waals surface area contributed by atoms with E-state index < -0.39 is 6.43 Å². The van der Waals surface area contributed by atoms with Crippen LogP contribution in [-0.2, 0) is 0 Å². The summed E-state index contributed by atoms with van der Waals surface area (Å²) in [5.74, 6) is 0. The van der Waals surface area contributed by atoms with E-state index in [4.69, 9.17) is 0 Å². The molecule has 1 saturated heterocycles. The van der Waals surface area contributed by atoms with E-state index in [-0.39, 0.29) is 12.6 Å². The molecule has 1 rings (SSSR count). The maximum absolute atomic E-state index is 12.3. The van der Waals surface area contributed by atoms with Gasteiger partial charge < -0.3 is 5.11 Å². The summed E-state index contributed by atoms with van der Waals surface area (Å²) in [5, 5.41) is 9.81. The Kier molecular flexibility index (Phi) is 7.39. The van der Waals surface area contributed by atoms with Gasteiger partial charge in [0.1, 0.15) is 0 Å². The Labute approximate surface area is 108 Å². The third-order valence-corrected chi connectivity index (χ3v) is 3.25. The van der Waals surface area contributed by atoms with E-state index in [0.29, 0.717) is 13.1 Å². The van der Waals surface area contributed by atoms with Crippen LogP contribution in [-0.4, -0.2) is 66.7 Å². The van der Waals surface area contributed by atoms with Crippen molar-refractivity contribution in [3.63, 3.8) is 0 Å². The molecule has 0 saturated carbocycles. The van der Waals surface area contributed by atoms with E-state index >= 15 is 0 Å². The van der Waals surface area contributed by atoms with Crippen molar-refractivity contribution in [3.8, 4) is 0 Å². The summed E-state index contributed by atoms with van der Waals surface area (Å²) in [6.45, 7) is 7.17. The number of β-amino-alcohol motifs (C(OH)–C–C–N with tert-alkyl or cyclic N) is 1. The van der Waals surface area contributed by atoms with E-state index in [1.807, 2.05) is 0 Å². The zero-order chi connectivity index (χ0) is 13.4. The second-order valence-electron chi connectivity index (χ2n) is 4.87. The van der Waals surface area contributed by atoms with Crippen LogP contribution in [0, 0.1) is 0 Å². The number of allylic oxidation sites excluding steroid dienone is 1. The largest absolute Gasteiger partial charge is 0.392 e. The molecule has 1 N–H and O–H groups in total. The Morgan fingerprint density at radius 1 is 1.11 bits per heavy atom. The molecule has 18 heavy (non-hydrogen) atoms. The molecule has 0 bridgehead atoms. The van der Waals surface area contributed by atoms with Crippen molar-refractivity contribution in [2.24, 2.45) is 0 Å². The maximum atomic E-state index is 12.3. The third-order valence-electron chi connectivity index (χ3n) is 3.25. The summed E-state index contributed by atoms with van der Waals surface area (Å²) in [6, 6.07) is 0. The number of hydrogen-bond donors (Lipinski definition) is 1. The lowest BCUT2D eigenvalue weighted by molar-refractivity contribution is 0.0851. The normalized spacial score (nSPS) is 20.9. The van der Waals surface area contributed by atoms with Gasteiger partial charge in [0, 0.05) is 19.6 Å². The topological polar surface area (TPSA) is 26.7 Å². The minimum atomic E-state index is -2.25. The smallest absolute Gasteiger partial charge is 0.251 e. The Hall–Kier alpha value is -0.520. The second-order valence-corrected chi connectivity index (χ2v) is 4.87. The van der Waals surface area contributed by atoms with Gasteiger partial charge in [-0.2, -0.15) is 0 Å². The number of alkyl halides is 2. The van der Waals surface area contributed by atoms with E-state index in [1.165, 1.54) is 0 Å². The predicted octanol–water partition coefficient (Wildman–Crippen LogP) is 1.59. The lowest BCUT2D eigenvalue weighted by atomic mass is 10.2. The van der Waals surface area contributed by atoms with Gasteiger partial charge in [0.25, 0.3) is 6.43 Å². The average Bonchev–Trinajstić information content (AvgIpc) is 2.52. The number of nitrogens with zero attached hydrogens (tertiary/aromatic N) is 2. The molecule has 0 spiro atoms. The van der Waals surface area contributed by atoms with E-state index in [9.17, 15) is 13.9 Å². The van der Waals surface area contributed by atoms with Crippen molar-refractivity contribution in [2.45, 2.75) is 31.8 Å². The first-order valence-electron chi connectivity index (χ1n) is 6.63. The molecule has 1 aliphatic heterocycles. The molecule has 1 atom stereocenters. The Bertz CT molecular complexity index is 239. The summed E-state index contributed by atoms with van der Waals surface area (Å²) in [4.78, 5) is 3.97. The number of rotatable bonds is 7. The van der Waals surface area contributed by atoms with Crippen molar-refractivity contribution >= 4 is 0 Å². The first-order chi connectivity index (χ1) is 8.61.